The summed E-state index contributed by atoms with van der Waals surface area (Å²) >= 11 is 3.26. The van der Waals surface area contributed by atoms with E-state index in [0.717, 1.165) is 16.3 Å². The van der Waals surface area contributed by atoms with E-state index in [2.05, 4.69) is 20.9 Å². The monoisotopic (exact) mass is 288 g/mol. The number of unbranched alkanes of at least 4 members (excludes halogenated alkanes) is 1. The van der Waals surface area contributed by atoms with Gasteiger partial charge in [-0.25, -0.2) is 9.36 Å². The highest BCUT2D eigenvalue weighted by atomic mass is 79.9. The van der Waals surface area contributed by atoms with Gasteiger partial charge in [-0.3, -0.25) is 14.6 Å². The Kier molecular flexibility index (Phi) is 4.67. The van der Waals surface area contributed by atoms with Crippen molar-refractivity contribution in [1.82, 2.24) is 9.55 Å². The summed E-state index contributed by atoms with van der Waals surface area (Å²) in [6.45, 7) is 1.56. The van der Waals surface area contributed by atoms with Crippen LogP contribution in [0.1, 0.15) is 29.6 Å². The molecule has 0 saturated heterocycles. The SMILES string of the molecule is Cc1cn(C(=O)CCCCBr)c(=O)[nH]c1=O. The Bertz CT molecular complexity index is 490. The van der Waals surface area contributed by atoms with Crippen molar-refractivity contribution in [3.8, 4) is 0 Å². The van der Waals surface area contributed by atoms with Crippen molar-refractivity contribution in [3.63, 3.8) is 0 Å². The van der Waals surface area contributed by atoms with Gasteiger partial charge >= 0.3 is 5.69 Å². The quantitative estimate of drug-likeness (QED) is 0.665. The van der Waals surface area contributed by atoms with Crippen LogP contribution in [0.3, 0.4) is 0 Å². The van der Waals surface area contributed by atoms with Crippen LogP contribution in [0.25, 0.3) is 0 Å². The Balaban J connectivity index is 2.88. The first-order chi connectivity index (χ1) is 7.56. The number of aromatic amines is 1. The number of H-pyrrole nitrogens is 1. The summed E-state index contributed by atoms with van der Waals surface area (Å²) in [4.78, 5) is 36.2. The lowest BCUT2D eigenvalue weighted by Crippen LogP contribution is -2.34. The van der Waals surface area contributed by atoms with Gasteiger partial charge < -0.3 is 0 Å². The van der Waals surface area contributed by atoms with Crippen molar-refractivity contribution in [2.75, 3.05) is 5.33 Å². The molecule has 0 aliphatic rings. The number of rotatable bonds is 4. The van der Waals surface area contributed by atoms with Gasteiger partial charge in [0.1, 0.15) is 0 Å². The van der Waals surface area contributed by atoms with Crippen molar-refractivity contribution < 1.29 is 4.79 Å². The second kappa shape index (κ2) is 5.79. The van der Waals surface area contributed by atoms with Crippen molar-refractivity contribution in [2.45, 2.75) is 26.2 Å². The van der Waals surface area contributed by atoms with Crippen LogP contribution in [0.4, 0.5) is 0 Å². The van der Waals surface area contributed by atoms with E-state index in [0.29, 0.717) is 18.4 Å². The zero-order chi connectivity index (χ0) is 12.1. The van der Waals surface area contributed by atoms with Crippen LogP contribution >= 0.6 is 15.9 Å². The smallest absolute Gasteiger partial charge is 0.274 e. The molecule has 5 nitrogen and oxygen atoms in total. The highest BCUT2D eigenvalue weighted by Crippen LogP contribution is 2.00. The average molecular weight is 289 g/mol. The van der Waals surface area contributed by atoms with Gasteiger partial charge in [-0.15, -0.1) is 0 Å². The summed E-state index contributed by atoms with van der Waals surface area (Å²) in [6.07, 6.45) is 3.19. The van der Waals surface area contributed by atoms with Crippen molar-refractivity contribution >= 4 is 21.8 Å². The molecule has 0 amide bonds. The van der Waals surface area contributed by atoms with Crippen molar-refractivity contribution in [3.05, 3.63) is 32.6 Å². The fourth-order valence-electron chi connectivity index (χ4n) is 1.24. The van der Waals surface area contributed by atoms with Crippen LogP contribution in [0, 0.1) is 6.92 Å². The maximum absolute atomic E-state index is 11.6. The van der Waals surface area contributed by atoms with E-state index < -0.39 is 11.2 Å². The maximum Gasteiger partial charge on any atom is 0.335 e. The van der Waals surface area contributed by atoms with Gasteiger partial charge in [0.25, 0.3) is 5.56 Å². The Labute approximate surface area is 101 Å². The van der Waals surface area contributed by atoms with Crippen molar-refractivity contribution in [2.24, 2.45) is 0 Å². The van der Waals surface area contributed by atoms with E-state index in [4.69, 9.17) is 0 Å². The molecule has 0 spiro atoms. The van der Waals surface area contributed by atoms with Gasteiger partial charge in [0.05, 0.1) is 0 Å². The molecule has 0 saturated carbocycles. The number of nitrogens with one attached hydrogen (secondary N) is 1. The Morgan fingerprint density at radius 1 is 1.44 bits per heavy atom. The van der Waals surface area contributed by atoms with E-state index in [1.165, 1.54) is 6.20 Å². The molecule has 1 aromatic heterocycles. The summed E-state index contributed by atoms with van der Waals surface area (Å²) in [5.74, 6) is -0.287. The number of hydrogen-bond donors (Lipinski definition) is 1. The number of carbonyl (C=O) groups is 1. The number of aromatic nitrogens is 2. The minimum atomic E-state index is -0.667. The predicted octanol–water partition coefficient (Wildman–Crippen LogP) is 1.05. The Morgan fingerprint density at radius 2 is 2.12 bits per heavy atom. The van der Waals surface area contributed by atoms with Gasteiger partial charge in [0.2, 0.25) is 5.91 Å². The first kappa shape index (κ1) is 12.9. The molecule has 6 heteroatoms. The highest BCUT2D eigenvalue weighted by molar-refractivity contribution is 9.09. The standard InChI is InChI=1S/C10H13BrN2O3/c1-7-6-13(10(16)12-9(7)15)8(14)4-2-3-5-11/h6H,2-5H2,1H3,(H,12,15,16). The van der Waals surface area contributed by atoms with Gasteiger partial charge in [0, 0.05) is 23.5 Å². The molecular formula is C10H13BrN2O3. The molecule has 0 aliphatic carbocycles. The Morgan fingerprint density at radius 3 is 2.75 bits per heavy atom. The molecule has 0 aromatic carbocycles. The Hall–Kier alpha value is -1.17. The van der Waals surface area contributed by atoms with Crippen LogP contribution in [0.15, 0.2) is 15.8 Å². The van der Waals surface area contributed by atoms with Gasteiger partial charge in [-0.05, 0) is 19.8 Å². The van der Waals surface area contributed by atoms with E-state index in [-0.39, 0.29) is 5.91 Å². The van der Waals surface area contributed by atoms with Gasteiger partial charge in [-0.2, -0.15) is 0 Å². The zero-order valence-electron chi connectivity index (χ0n) is 8.96. The average Bonchev–Trinajstić information content (AvgIpc) is 2.23. The second-order valence-corrected chi connectivity index (χ2v) is 4.27. The summed E-state index contributed by atoms with van der Waals surface area (Å²) in [7, 11) is 0. The van der Waals surface area contributed by atoms with E-state index in [9.17, 15) is 14.4 Å². The van der Waals surface area contributed by atoms with E-state index in [1.54, 1.807) is 6.92 Å². The fraction of sp³-hybridized carbons (Fsp3) is 0.500. The summed E-state index contributed by atoms with van der Waals surface area (Å²) in [6, 6.07) is 0. The molecular weight excluding hydrogens is 276 g/mol. The highest BCUT2D eigenvalue weighted by Gasteiger charge is 2.08. The minimum absolute atomic E-state index is 0.287. The van der Waals surface area contributed by atoms with Crippen LogP contribution in [-0.2, 0) is 0 Å². The lowest BCUT2D eigenvalue weighted by atomic mass is 10.2. The van der Waals surface area contributed by atoms with Crippen LogP contribution < -0.4 is 11.2 Å². The maximum atomic E-state index is 11.6. The molecule has 1 aromatic rings. The molecule has 0 atom stereocenters. The number of hydrogen-bond acceptors (Lipinski definition) is 3. The molecule has 1 N–H and O–H groups in total. The molecule has 0 radical (unpaired) electrons. The third-order valence-corrected chi connectivity index (χ3v) is 2.72. The topological polar surface area (TPSA) is 71.9 Å². The molecule has 0 aliphatic heterocycles. The van der Waals surface area contributed by atoms with Gasteiger partial charge in [-0.1, -0.05) is 15.9 Å². The summed E-state index contributed by atoms with van der Waals surface area (Å²) in [5, 5.41) is 0.833. The lowest BCUT2D eigenvalue weighted by molar-refractivity contribution is 0.0893. The third kappa shape index (κ3) is 3.16. The second-order valence-electron chi connectivity index (χ2n) is 3.48. The molecule has 0 bridgehead atoms. The third-order valence-electron chi connectivity index (χ3n) is 2.16. The minimum Gasteiger partial charge on any atom is -0.274 e. The van der Waals surface area contributed by atoms with Crippen LogP contribution in [-0.4, -0.2) is 20.8 Å². The molecule has 1 rings (SSSR count). The molecule has 88 valence electrons. The number of carbonyl (C=O) groups excluding carboxylic acids is 1. The summed E-state index contributed by atoms with van der Waals surface area (Å²) < 4.78 is 0.963. The zero-order valence-corrected chi connectivity index (χ0v) is 10.5. The first-order valence-electron chi connectivity index (χ1n) is 4.98. The molecule has 1 heterocycles. The molecule has 0 unspecified atom stereocenters. The largest absolute Gasteiger partial charge is 0.335 e. The fourth-order valence-corrected chi connectivity index (χ4v) is 1.64. The molecule has 16 heavy (non-hydrogen) atoms. The number of aryl methyl sites for hydroxylation is 1. The van der Waals surface area contributed by atoms with Crippen LogP contribution in [0.2, 0.25) is 0 Å². The number of halogens is 1. The van der Waals surface area contributed by atoms with Crippen molar-refractivity contribution in [1.29, 1.82) is 0 Å². The number of alkyl halides is 1. The van der Waals surface area contributed by atoms with E-state index in [1.807, 2.05) is 0 Å². The van der Waals surface area contributed by atoms with E-state index >= 15 is 0 Å². The normalized spacial score (nSPS) is 10.4. The van der Waals surface area contributed by atoms with Crippen LogP contribution in [0.5, 0.6) is 0 Å². The van der Waals surface area contributed by atoms with Gasteiger partial charge in [0.15, 0.2) is 0 Å². The summed E-state index contributed by atoms with van der Waals surface area (Å²) in [5.41, 5.74) is -0.762. The lowest BCUT2D eigenvalue weighted by Gasteiger charge is -2.03. The number of nitrogens with zero attached hydrogens (tertiary/aromatic N) is 1. The molecule has 0 fully saturated rings. The first-order valence-corrected chi connectivity index (χ1v) is 6.10. The predicted molar refractivity (Wildman–Crippen MR) is 64.3 cm³/mol.